The van der Waals surface area contributed by atoms with Crippen LogP contribution < -0.4 is 10.6 Å². The summed E-state index contributed by atoms with van der Waals surface area (Å²) in [5, 5.41) is 47.2. The van der Waals surface area contributed by atoms with E-state index in [-0.39, 0.29) is 0 Å². The Morgan fingerprint density at radius 2 is 2.14 bits per heavy atom. The molecule has 12 nitrogen and oxygen atoms in total. The zero-order chi connectivity index (χ0) is 20.5. The van der Waals surface area contributed by atoms with E-state index in [0.717, 1.165) is 18.7 Å². The van der Waals surface area contributed by atoms with Crippen LogP contribution in [0.2, 0.25) is 0 Å². The zero-order valence-electron chi connectivity index (χ0n) is 16.0. The molecule has 0 radical (unpaired) electrons. The van der Waals surface area contributed by atoms with Crippen molar-refractivity contribution in [3.05, 3.63) is 18.6 Å². The molecule has 156 valence electrons. The molecule has 4 rings (SSSR count). The summed E-state index contributed by atoms with van der Waals surface area (Å²) in [6, 6.07) is 1.83. The lowest BCUT2D eigenvalue weighted by Crippen LogP contribution is -2.45. The largest absolute Gasteiger partial charge is 0.387 e. The molecule has 12 heteroatoms. The first-order valence-electron chi connectivity index (χ1n) is 9.40. The van der Waals surface area contributed by atoms with Crippen molar-refractivity contribution >= 4 is 16.9 Å². The maximum Gasteiger partial charge on any atom is 0.165 e. The standard InChI is InChI=1S/C17H24N8O4/c1-3-4-19-9-5-8(10-6-21-24-23-10)22-15-11(9)20-7-25(15)17-13(27)12(26)14(29-17)16(28)18-2/h5-7,12-14,16-18,26-28H,3-4H2,1-2H3,(H,19,22)(H,21,23,24)/t12-,13+,14-,16?,17?/m1/s1. The number of fused-ring (bicyclic) bond motifs is 1. The summed E-state index contributed by atoms with van der Waals surface area (Å²) in [5.41, 5.74) is 2.91. The van der Waals surface area contributed by atoms with E-state index in [0.29, 0.717) is 22.6 Å². The molecule has 0 bridgehead atoms. The fourth-order valence-corrected chi connectivity index (χ4v) is 3.39. The minimum atomic E-state index is -1.28. The minimum Gasteiger partial charge on any atom is -0.387 e. The highest BCUT2D eigenvalue weighted by molar-refractivity contribution is 5.88. The molecule has 29 heavy (non-hydrogen) atoms. The van der Waals surface area contributed by atoms with Crippen molar-refractivity contribution in [1.29, 1.82) is 0 Å². The molecular weight excluding hydrogens is 380 g/mol. The number of aromatic amines is 1. The summed E-state index contributed by atoms with van der Waals surface area (Å²) in [5.74, 6) is 0. The number of likely N-dealkylation sites (N-methyl/N-ethyl adjacent to an activating group) is 1. The number of hydrogen-bond acceptors (Lipinski definition) is 10. The molecule has 0 aromatic carbocycles. The average molecular weight is 404 g/mol. The number of rotatable bonds is 7. The summed E-state index contributed by atoms with van der Waals surface area (Å²) in [6.45, 7) is 2.79. The van der Waals surface area contributed by atoms with E-state index in [1.807, 2.05) is 6.07 Å². The van der Waals surface area contributed by atoms with Crippen LogP contribution in [0.4, 0.5) is 5.69 Å². The van der Waals surface area contributed by atoms with Crippen LogP contribution in [0.5, 0.6) is 0 Å². The van der Waals surface area contributed by atoms with Crippen LogP contribution in [-0.2, 0) is 4.74 Å². The predicted molar refractivity (Wildman–Crippen MR) is 103 cm³/mol. The van der Waals surface area contributed by atoms with Crippen molar-refractivity contribution in [2.45, 2.75) is 44.1 Å². The van der Waals surface area contributed by atoms with Gasteiger partial charge in [0, 0.05) is 6.54 Å². The maximum absolute atomic E-state index is 10.5. The first-order chi connectivity index (χ1) is 14.0. The Morgan fingerprint density at radius 3 is 2.83 bits per heavy atom. The van der Waals surface area contributed by atoms with Gasteiger partial charge in [-0.05, 0) is 19.5 Å². The number of nitrogens with one attached hydrogen (secondary N) is 3. The van der Waals surface area contributed by atoms with Crippen molar-refractivity contribution in [3.8, 4) is 11.4 Å². The van der Waals surface area contributed by atoms with Gasteiger partial charge in [-0.3, -0.25) is 15.0 Å². The highest BCUT2D eigenvalue weighted by Gasteiger charge is 2.47. The number of nitrogens with zero attached hydrogens (tertiary/aromatic N) is 5. The molecular formula is C17H24N8O4. The lowest BCUT2D eigenvalue weighted by Gasteiger charge is -2.20. The predicted octanol–water partition coefficient (Wildman–Crippen LogP) is -0.805. The van der Waals surface area contributed by atoms with E-state index >= 15 is 0 Å². The lowest BCUT2D eigenvalue weighted by atomic mass is 10.1. The van der Waals surface area contributed by atoms with Crippen LogP contribution in [0.1, 0.15) is 19.6 Å². The van der Waals surface area contributed by atoms with Gasteiger partial charge in [-0.2, -0.15) is 0 Å². The van der Waals surface area contributed by atoms with Gasteiger partial charge in [0.15, 0.2) is 11.9 Å². The molecule has 0 aliphatic carbocycles. The van der Waals surface area contributed by atoms with E-state index in [2.05, 4.69) is 42.9 Å². The highest BCUT2D eigenvalue weighted by Crippen LogP contribution is 2.34. The molecule has 0 amide bonds. The number of hydrogen-bond donors (Lipinski definition) is 6. The summed E-state index contributed by atoms with van der Waals surface area (Å²) in [6.07, 6.45) is -1.63. The van der Waals surface area contributed by atoms with E-state index in [4.69, 9.17) is 4.74 Å². The molecule has 6 N–H and O–H groups in total. The molecule has 5 atom stereocenters. The number of H-pyrrole nitrogens is 1. The van der Waals surface area contributed by atoms with Crippen molar-refractivity contribution in [2.24, 2.45) is 0 Å². The molecule has 4 heterocycles. The van der Waals surface area contributed by atoms with Crippen LogP contribution in [0.15, 0.2) is 18.6 Å². The number of imidazole rings is 1. The fraction of sp³-hybridized carbons (Fsp3) is 0.529. The van der Waals surface area contributed by atoms with Crippen LogP contribution in [0.3, 0.4) is 0 Å². The maximum atomic E-state index is 10.5. The van der Waals surface area contributed by atoms with Crippen LogP contribution in [0.25, 0.3) is 22.6 Å². The third-order valence-electron chi connectivity index (χ3n) is 4.93. The van der Waals surface area contributed by atoms with E-state index < -0.39 is 30.8 Å². The second-order valence-corrected chi connectivity index (χ2v) is 6.87. The Labute approximate surface area is 165 Å². The first kappa shape index (κ1) is 19.7. The van der Waals surface area contributed by atoms with Gasteiger partial charge in [0.25, 0.3) is 0 Å². The van der Waals surface area contributed by atoms with Crippen LogP contribution >= 0.6 is 0 Å². The normalized spacial score (nSPS) is 25.6. The van der Waals surface area contributed by atoms with Gasteiger partial charge in [-0.15, -0.1) is 5.10 Å². The molecule has 1 saturated heterocycles. The Hall–Kier alpha value is -2.64. The SMILES string of the molecule is CCCNc1cc(-c2c[nH]nn2)nc2c1ncn2C1O[C@@H](C(O)NC)[C@H](O)[C@@H]1O. The molecule has 0 saturated carbocycles. The van der Waals surface area contributed by atoms with Gasteiger partial charge in [0.05, 0.1) is 23.9 Å². The third-order valence-corrected chi connectivity index (χ3v) is 4.93. The Bertz CT molecular complexity index is 962. The van der Waals surface area contributed by atoms with E-state index in [1.165, 1.54) is 13.4 Å². The topological polar surface area (TPSA) is 166 Å². The Kier molecular flexibility index (Phi) is 5.43. The van der Waals surface area contributed by atoms with Gasteiger partial charge in [-0.1, -0.05) is 12.1 Å². The van der Waals surface area contributed by atoms with Gasteiger partial charge < -0.3 is 25.4 Å². The molecule has 1 fully saturated rings. The average Bonchev–Trinajstić information content (AvgIpc) is 3.46. The lowest BCUT2D eigenvalue weighted by molar-refractivity contribution is -0.0911. The minimum absolute atomic E-state index is 0.444. The van der Waals surface area contributed by atoms with E-state index in [9.17, 15) is 15.3 Å². The number of anilines is 1. The van der Waals surface area contributed by atoms with Crippen molar-refractivity contribution < 1.29 is 20.1 Å². The van der Waals surface area contributed by atoms with Crippen LogP contribution in [-0.4, -0.2) is 83.4 Å². The molecule has 1 aliphatic heterocycles. The molecule has 0 spiro atoms. The molecule has 3 aromatic rings. The quantitative estimate of drug-likeness (QED) is 0.274. The Balaban J connectivity index is 1.78. The van der Waals surface area contributed by atoms with Crippen molar-refractivity contribution in [1.82, 2.24) is 35.3 Å². The molecule has 3 aromatic heterocycles. The number of ether oxygens (including phenoxy) is 1. The number of aromatic nitrogens is 6. The van der Waals surface area contributed by atoms with Gasteiger partial charge in [-0.25, -0.2) is 9.97 Å². The smallest absolute Gasteiger partial charge is 0.165 e. The first-order valence-corrected chi connectivity index (χ1v) is 9.40. The third kappa shape index (κ3) is 3.45. The summed E-state index contributed by atoms with van der Waals surface area (Å²) < 4.78 is 7.31. The number of aliphatic hydroxyl groups is 3. The summed E-state index contributed by atoms with van der Waals surface area (Å²) in [7, 11) is 1.53. The fourth-order valence-electron chi connectivity index (χ4n) is 3.39. The van der Waals surface area contributed by atoms with Crippen LogP contribution in [0, 0.1) is 0 Å². The second kappa shape index (κ2) is 8.00. The number of pyridine rings is 1. The zero-order valence-corrected chi connectivity index (χ0v) is 16.0. The second-order valence-electron chi connectivity index (χ2n) is 6.87. The van der Waals surface area contributed by atoms with Gasteiger partial charge >= 0.3 is 0 Å². The molecule has 2 unspecified atom stereocenters. The van der Waals surface area contributed by atoms with Crippen molar-refractivity contribution in [2.75, 3.05) is 18.9 Å². The van der Waals surface area contributed by atoms with Crippen molar-refractivity contribution in [3.63, 3.8) is 0 Å². The van der Waals surface area contributed by atoms with Gasteiger partial charge in [0.1, 0.15) is 35.8 Å². The summed E-state index contributed by atoms with van der Waals surface area (Å²) >= 11 is 0. The van der Waals surface area contributed by atoms with E-state index in [1.54, 1.807) is 10.8 Å². The highest BCUT2D eigenvalue weighted by atomic mass is 16.6. The van der Waals surface area contributed by atoms with Gasteiger partial charge in [0.2, 0.25) is 0 Å². The summed E-state index contributed by atoms with van der Waals surface area (Å²) in [4.78, 5) is 9.06. The molecule has 1 aliphatic rings. The Morgan fingerprint density at radius 1 is 1.31 bits per heavy atom. The number of aliphatic hydroxyl groups excluding tert-OH is 3. The monoisotopic (exact) mass is 404 g/mol.